The lowest BCUT2D eigenvalue weighted by atomic mass is 9.96. The van der Waals surface area contributed by atoms with Crippen LogP contribution in [0.15, 0.2) is 18.2 Å². The van der Waals surface area contributed by atoms with Crippen molar-refractivity contribution in [3.05, 3.63) is 29.6 Å². The minimum absolute atomic E-state index is 0.130. The fourth-order valence-corrected chi connectivity index (χ4v) is 1.85. The van der Waals surface area contributed by atoms with E-state index in [2.05, 4.69) is 19.2 Å². The lowest BCUT2D eigenvalue weighted by molar-refractivity contribution is 0.387. The zero-order valence-electron chi connectivity index (χ0n) is 10.4. The van der Waals surface area contributed by atoms with E-state index in [9.17, 15) is 4.39 Å². The van der Waals surface area contributed by atoms with Crippen LogP contribution in [0.4, 0.5) is 4.39 Å². The van der Waals surface area contributed by atoms with Gasteiger partial charge < -0.3 is 10.1 Å². The average molecular weight is 225 g/mol. The van der Waals surface area contributed by atoms with E-state index < -0.39 is 0 Å². The fourth-order valence-electron chi connectivity index (χ4n) is 1.85. The lowest BCUT2D eigenvalue weighted by Gasteiger charge is -2.21. The van der Waals surface area contributed by atoms with E-state index in [4.69, 9.17) is 4.74 Å². The molecule has 0 fully saturated rings. The Kier molecular flexibility index (Phi) is 4.74. The van der Waals surface area contributed by atoms with Crippen molar-refractivity contribution in [3.8, 4) is 5.75 Å². The quantitative estimate of drug-likeness (QED) is 0.831. The monoisotopic (exact) mass is 225 g/mol. The molecule has 1 aromatic carbocycles. The second-order valence-electron chi connectivity index (χ2n) is 4.36. The molecule has 0 bridgehead atoms. The summed E-state index contributed by atoms with van der Waals surface area (Å²) in [6, 6.07) is 4.77. The highest BCUT2D eigenvalue weighted by Crippen LogP contribution is 2.29. The topological polar surface area (TPSA) is 21.3 Å². The van der Waals surface area contributed by atoms with Gasteiger partial charge in [-0.2, -0.15) is 0 Å². The van der Waals surface area contributed by atoms with Crippen molar-refractivity contribution in [2.45, 2.75) is 26.3 Å². The second kappa shape index (κ2) is 5.85. The highest BCUT2D eigenvalue weighted by Gasteiger charge is 2.16. The van der Waals surface area contributed by atoms with E-state index >= 15 is 0 Å². The Balaban J connectivity index is 3.02. The summed E-state index contributed by atoms with van der Waals surface area (Å²) in [5.74, 6) is 1.06. The molecule has 0 spiro atoms. The number of methoxy groups -OCH3 is 1. The summed E-state index contributed by atoms with van der Waals surface area (Å²) in [5.41, 5.74) is 0.888. The first-order valence-electron chi connectivity index (χ1n) is 5.59. The van der Waals surface area contributed by atoms with Crippen molar-refractivity contribution in [1.29, 1.82) is 0 Å². The van der Waals surface area contributed by atoms with Crippen LogP contribution in [-0.2, 0) is 0 Å². The molecule has 2 nitrogen and oxygen atoms in total. The average Bonchev–Trinajstić information content (AvgIpc) is 2.25. The van der Waals surface area contributed by atoms with Crippen molar-refractivity contribution < 1.29 is 9.13 Å². The molecule has 0 aromatic heterocycles. The summed E-state index contributed by atoms with van der Waals surface area (Å²) in [7, 11) is 3.50. The molecular weight excluding hydrogens is 205 g/mol. The molecule has 0 aliphatic heterocycles. The van der Waals surface area contributed by atoms with Crippen LogP contribution in [-0.4, -0.2) is 14.2 Å². The Morgan fingerprint density at radius 2 is 2.06 bits per heavy atom. The predicted octanol–water partition coefficient (Wildman–Crippen LogP) is 3.14. The van der Waals surface area contributed by atoms with E-state index in [0.29, 0.717) is 5.92 Å². The van der Waals surface area contributed by atoms with Gasteiger partial charge in [0.15, 0.2) is 0 Å². The van der Waals surface area contributed by atoms with Crippen molar-refractivity contribution >= 4 is 0 Å². The van der Waals surface area contributed by atoms with Gasteiger partial charge in [-0.05, 0) is 37.6 Å². The van der Waals surface area contributed by atoms with Gasteiger partial charge >= 0.3 is 0 Å². The van der Waals surface area contributed by atoms with Crippen molar-refractivity contribution in [1.82, 2.24) is 5.32 Å². The smallest absolute Gasteiger partial charge is 0.123 e. The Labute approximate surface area is 96.8 Å². The summed E-state index contributed by atoms with van der Waals surface area (Å²) >= 11 is 0. The van der Waals surface area contributed by atoms with Crippen molar-refractivity contribution in [2.24, 2.45) is 5.92 Å². The Morgan fingerprint density at radius 3 is 2.56 bits per heavy atom. The van der Waals surface area contributed by atoms with Gasteiger partial charge in [-0.15, -0.1) is 0 Å². The molecule has 0 saturated carbocycles. The molecule has 90 valence electrons. The number of hydrogen-bond donors (Lipinski definition) is 1. The summed E-state index contributed by atoms with van der Waals surface area (Å²) < 4.78 is 18.5. The normalized spacial score (nSPS) is 12.9. The number of hydrogen-bond acceptors (Lipinski definition) is 2. The van der Waals surface area contributed by atoms with Gasteiger partial charge in [0, 0.05) is 11.6 Å². The van der Waals surface area contributed by atoms with Gasteiger partial charge in [-0.3, -0.25) is 0 Å². The van der Waals surface area contributed by atoms with Crippen LogP contribution in [0.25, 0.3) is 0 Å². The van der Waals surface area contributed by atoms with Gasteiger partial charge in [0.1, 0.15) is 11.6 Å². The molecule has 16 heavy (non-hydrogen) atoms. The van der Waals surface area contributed by atoms with Crippen LogP contribution in [0.3, 0.4) is 0 Å². The molecule has 1 rings (SSSR count). The zero-order valence-corrected chi connectivity index (χ0v) is 10.4. The third-order valence-electron chi connectivity index (χ3n) is 2.62. The number of ether oxygens (including phenoxy) is 1. The molecule has 0 heterocycles. The molecule has 3 heteroatoms. The highest BCUT2D eigenvalue weighted by molar-refractivity contribution is 5.36. The molecule has 1 atom stereocenters. The zero-order chi connectivity index (χ0) is 12.1. The third kappa shape index (κ3) is 3.20. The highest BCUT2D eigenvalue weighted by atomic mass is 19.1. The van der Waals surface area contributed by atoms with E-state index in [1.54, 1.807) is 19.2 Å². The van der Waals surface area contributed by atoms with Crippen LogP contribution in [0.5, 0.6) is 5.75 Å². The Morgan fingerprint density at radius 1 is 1.38 bits per heavy atom. The molecule has 0 saturated heterocycles. The number of nitrogens with one attached hydrogen (secondary N) is 1. The number of benzene rings is 1. The van der Waals surface area contributed by atoms with Crippen molar-refractivity contribution in [2.75, 3.05) is 14.2 Å². The van der Waals surface area contributed by atoms with E-state index in [0.717, 1.165) is 17.7 Å². The van der Waals surface area contributed by atoms with Gasteiger partial charge in [-0.1, -0.05) is 13.8 Å². The predicted molar refractivity (Wildman–Crippen MR) is 64.2 cm³/mol. The SMILES string of the molecule is CNC(CC(C)C)c1cc(F)ccc1OC. The van der Waals surface area contributed by atoms with Crippen LogP contribution >= 0.6 is 0 Å². The Bertz CT molecular complexity index is 339. The van der Waals surface area contributed by atoms with Crippen LogP contribution < -0.4 is 10.1 Å². The lowest BCUT2D eigenvalue weighted by Crippen LogP contribution is -2.19. The maximum absolute atomic E-state index is 13.2. The summed E-state index contributed by atoms with van der Waals surface area (Å²) in [4.78, 5) is 0. The van der Waals surface area contributed by atoms with Crippen molar-refractivity contribution in [3.63, 3.8) is 0 Å². The molecule has 0 aliphatic rings. The molecular formula is C13H20FNO. The third-order valence-corrected chi connectivity index (χ3v) is 2.62. The maximum atomic E-state index is 13.2. The van der Waals surface area contributed by atoms with Crippen LogP contribution in [0.1, 0.15) is 31.9 Å². The summed E-state index contributed by atoms with van der Waals surface area (Å²) in [5, 5.41) is 3.20. The largest absolute Gasteiger partial charge is 0.496 e. The molecule has 1 N–H and O–H groups in total. The molecule has 1 aromatic rings. The van der Waals surface area contributed by atoms with Gasteiger partial charge in [0.25, 0.3) is 0 Å². The molecule has 0 radical (unpaired) electrons. The minimum Gasteiger partial charge on any atom is -0.496 e. The number of halogens is 1. The first-order valence-corrected chi connectivity index (χ1v) is 5.59. The van der Waals surface area contributed by atoms with Crippen LogP contribution in [0.2, 0.25) is 0 Å². The fraction of sp³-hybridized carbons (Fsp3) is 0.538. The first-order chi connectivity index (χ1) is 7.58. The van der Waals surface area contributed by atoms with Gasteiger partial charge in [-0.25, -0.2) is 4.39 Å². The maximum Gasteiger partial charge on any atom is 0.123 e. The van der Waals surface area contributed by atoms with Gasteiger partial charge in [0.05, 0.1) is 7.11 Å². The first kappa shape index (κ1) is 13.0. The van der Waals surface area contributed by atoms with E-state index in [1.165, 1.54) is 6.07 Å². The summed E-state index contributed by atoms with van der Waals surface area (Å²) in [6.45, 7) is 4.30. The summed E-state index contributed by atoms with van der Waals surface area (Å²) in [6.07, 6.45) is 0.955. The molecule has 1 unspecified atom stereocenters. The Hall–Kier alpha value is -1.09. The number of rotatable bonds is 5. The van der Waals surface area contributed by atoms with Gasteiger partial charge in [0.2, 0.25) is 0 Å². The minimum atomic E-state index is -0.222. The van der Waals surface area contributed by atoms with E-state index in [-0.39, 0.29) is 11.9 Å². The standard InChI is InChI=1S/C13H20FNO/c1-9(2)7-12(15-3)11-8-10(14)5-6-13(11)16-4/h5-6,8-9,12,15H,7H2,1-4H3. The van der Waals surface area contributed by atoms with E-state index in [1.807, 2.05) is 7.05 Å². The van der Waals surface area contributed by atoms with Crippen LogP contribution in [0, 0.1) is 11.7 Å². The molecule has 0 amide bonds. The molecule has 0 aliphatic carbocycles. The second-order valence-corrected chi connectivity index (χ2v) is 4.36.